The predicted molar refractivity (Wildman–Crippen MR) is 65.0 cm³/mol. The first kappa shape index (κ1) is 14.5. The second-order valence-corrected chi connectivity index (χ2v) is 4.64. The van der Waals surface area contributed by atoms with Crippen molar-refractivity contribution in [2.45, 2.75) is 20.3 Å². The molecule has 2 aromatic carbocycles. The van der Waals surface area contributed by atoms with Crippen molar-refractivity contribution in [3.05, 3.63) is 69.5 Å². The second kappa shape index (κ2) is 5.23. The molecule has 0 aliphatic carbocycles. The summed E-state index contributed by atoms with van der Waals surface area (Å²) in [5.74, 6) is -5.05. The lowest BCUT2D eigenvalue weighted by Crippen LogP contribution is -2.04. The number of rotatable bonds is 2. The van der Waals surface area contributed by atoms with Gasteiger partial charge in [-0.1, -0.05) is 0 Å². The number of hydrogen-bond acceptors (Lipinski definition) is 0. The van der Waals surface area contributed by atoms with Crippen LogP contribution in [0, 0.1) is 42.9 Å². The summed E-state index contributed by atoms with van der Waals surface area (Å²) in [5.41, 5.74) is -0.850. The fraction of sp³-hybridized carbons (Fsp3) is 0.200. The molecule has 0 heterocycles. The van der Waals surface area contributed by atoms with Gasteiger partial charge < -0.3 is 0 Å². The van der Waals surface area contributed by atoms with E-state index in [0.29, 0.717) is 0 Å². The maximum atomic E-state index is 13.7. The summed E-state index contributed by atoms with van der Waals surface area (Å²) in [5, 5.41) is 0. The number of hydrogen-bond donors (Lipinski definition) is 0. The largest absolute Gasteiger partial charge is 0.207 e. The van der Waals surface area contributed by atoms with Crippen LogP contribution >= 0.6 is 0 Å². The van der Waals surface area contributed by atoms with Crippen LogP contribution in [0.25, 0.3) is 0 Å². The molecular weight excluding hydrogens is 275 g/mol. The topological polar surface area (TPSA) is 0 Å². The zero-order valence-electron chi connectivity index (χ0n) is 10.8. The monoisotopic (exact) mass is 286 g/mol. The van der Waals surface area contributed by atoms with Crippen LogP contribution in [0.4, 0.5) is 22.0 Å². The van der Waals surface area contributed by atoms with E-state index in [9.17, 15) is 22.0 Å². The van der Waals surface area contributed by atoms with Crippen LogP contribution in [0.1, 0.15) is 22.3 Å². The summed E-state index contributed by atoms with van der Waals surface area (Å²) in [4.78, 5) is 0. The van der Waals surface area contributed by atoms with Crippen molar-refractivity contribution in [2.75, 3.05) is 0 Å². The number of halogens is 5. The van der Waals surface area contributed by atoms with Crippen molar-refractivity contribution in [3.63, 3.8) is 0 Å². The fourth-order valence-corrected chi connectivity index (χ4v) is 1.92. The highest BCUT2D eigenvalue weighted by Gasteiger charge is 2.18. The summed E-state index contributed by atoms with van der Waals surface area (Å²) in [7, 11) is 0. The van der Waals surface area contributed by atoms with Crippen molar-refractivity contribution in [1.82, 2.24) is 0 Å². The minimum atomic E-state index is -1.33. The first-order valence-corrected chi connectivity index (χ1v) is 5.88. The molecule has 0 atom stereocenters. The third-order valence-electron chi connectivity index (χ3n) is 3.16. The van der Waals surface area contributed by atoms with Crippen LogP contribution in [0.15, 0.2) is 18.2 Å². The molecule has 0 saturated carbocycles. The van der Waals surface area contributed by atoms with Gasteiger partial charge in [-0.05, 0) is 43.2 Å². The van der Waals surface area contributed by atoms with Gasteiger partial charge in [-0.15, -0.1) is 0 Å². The van der Waals surface area contributed by atoms with Crippen LogP contribution in [-0.4, -0.2) is 0 Å². The summed E-state index contributed by atoms with van der Waals surface area (Å²) in [6, 6.07) is 2.82. The summed E-state index contributed by atoms with van der Waals surface area (Å²) >= 11 is 0. The predicted octanol–water partition coefficient (Wildman–Crippen LogP) is 4.59. The van der Waals surface area contributed by atoms with E-state index in [0.717, 1.165) is 18.2 Å². The third-order valence-corrected chi connectivity index (χ3v) is 3.16. The smallest absolute Gasteiger partial charge is 0.165 e. The lowest BCUT2D eigenvalue weighted by Gasteiger charge is -2.09. The van der Waals surface area contributed by atoms with E-state index < -0.39 is 41.1 Å². The van der Waals surface area contributed by atoms with Gasteiger partial charge >= 0.3 is 0 Å². The molecule has 5 heteroatoms. The molecule has 0 aliphatic rings. The minimum Gasteiger partial charge on any atom is -0.207 e. The quantitative estimate of drug-likeness (QED) is 0.559. The first-order chi connectivity index (χ1) is 9.31. The summed E-state index contributed by atoms with van der Waals surface area (Å²) < 4.78 is 67.5. The van der Waals surface area contributed by atoms with Crippen LogP contribution in [0.3, 0.4) is 0 Å². The van der Waals surface area contributed by atoms with Gasteiger partial charge in [0.25, 0.3) is 0 Å². The maximum absolute atomic E-state index is 13.7. The van der Waals surface area contributed by atoms with E-state index in [1.165, 1.54) is 13.8 Å². The Balaban J connectivity index is 2.48. The highest BCUT2D eigenvalue weighted by molar-refractivity contribution is 5.34. The van der Waals surface area contributed by atoms with Crippen molar-refractivity contribution in [2.24, 2.45) is 0 Å². The van der Waals surface area contributed by atoms with Gasteiger partial charge in [-0.3, -0.25) is 0 Å². The highest BCUT2D eigenvalue weighted by Crippen LogP contribution is 2.24. The Morgan fingerprint density at radius 1 is 0.750 bits per heavy atom. The summed E-state index contributed by atoms with van der Waals surface area (Å²) in [6.45, 7) is 2.48. The molecule has 0 bridgehead atoms. The van der Waals surface area contributed by atoms with E-state index in [1.54, 1.807) is 0 Å². The molecule has 0 aliphatic heterocycles. The SMILES string of the molecule is Cc1cc(F)c(Cc2cc(F)c(C)c(F)c2)c(F)c1F. The molecule has 0 amide bonds. The van der Waals surface area contributed by atoms with Gasteiger partial charge in [0.1, 0.15) is 17.5 Å². The maximum Gasteiger partial charge on any atom is 0.165 e. The Morgan fingerprint density at radius 3 is 1.85 bits per heavy atom. The molecule has 2 aromatic rings. The Bertz CT molecular complexity index is 653. The van der Waals surface area contributed by atoms with E-state index in [2.05, 4.69) is 0 Å². The zero-order chi connectivity index (χ0) is 15.0. The van der Waals surface area contributed by atoms with E-state index in [1.807, 2.05) is 0 Å². The molecule has 0 nitrogen and oxygen atoms in total. The minimum absolute atomic E-state index is 0.0339. The zero-order valence-corrected chi connectivity index (χ0v) is 10.8. The van der Waals surface area contributed by atoms with Crippen molar-refractivity contribution >= 4 is 0 Å². The molecule has 0 saturated heterocycles. The normalized spacial score (nSPS) is 10.9. The average Bonchev–Trinajstić information content (AvgIpc) is 2.38. The Labute approximate surface area is 112 Å². The van der Waals surface area contributed by atoms with Gasteiger partial charge in [0, 0.05) is 17.5 Å². The fourth-order valence-electron chi connectivity index (χ4n) is 1.92. The van der Waals surface area contributed by atoms with E-state index in [-0.39, 0.29) is 16.7 Å². The molecule has 20 heavy (non-hydrogen) atoms. The molecule has 2 rings (SSSR count). The van der Waals surface area contributed by atoms with Gasteiger partial charge in [0.15, 0.2) is 11.6 Å². The van der Waals surface area contributed by atoms with Crippen molar-refractivity contribution in [1.29, 1.82) is 0 Å². The van der Waals surface area contributed by atoms with Crippen molar-refractivity contribution in [3.8, 4) is 0 Å². The molecule has 0 spiro atoms. The molecule has 0 aromatic heterocycles. The molecule has 0 fully saturated rings. The lowest BCUT2D eigenvalue weighted by atomic mass is 10.0. The molecule has 0 unspecified atom stereocenters. The lowest BCUT2D eigenvalue weighted by molar-refractivity contribution is 0.476. The van der Waals surface area contributed by atoms with Crippen molar-refractivity contribution < 1.29 is 22.0 Å². The molecule has 106 valence electrons. The highest BCUT2D eigenvalue weighted by atomic mass is 19.2. The Morgan fingerprint density at radius 2 is 1.30 bits per heavy atom. The summed E-state index contributed by atoms with van der Waals surface area (Å²) in [6.07, 6.45) is -0.428. The van der Waals surface area contributed by atoms with Crippen LogP contribution in [0.2, 0.25) is 0 Å². The Hall–Kier alpha value is -1.91. The Kier molecular flexibility index (Phi) is 3.79. The second-order valence-electron chi connectivity index (χ2n) is 4.64. The third kappa shape index (κ3) is 2.53. The van der Waals surface area contributed by atoms with E-state index in [4.69, 9.17) is 0 Å². The first-order valence-electron chi connectivity index (χ1n) is 5.88. The molecule has 0 radical (unpaired) electrons. The van der Waals surface area contributed by atoms with Gasteiger partial charge in [-0.2, -0.15) is 0 Å². The number of aryl methyl sites for hydroxylation is 1. The molecular formula is C15H11F5. The van der Waals surface area contributed by atoms with Gasteiger partial charge in [0.2, 0.25) is 0 Å². The average molecular weight is 286 g/mol. The van der Waals surface area contributed by atoms with Crippen LogP contribution in [0.5, 0.6) is 0 Å². The van der Waals surface area contributed by atoms with Crippen LogP contribution in [-0.2, 0) is 6.42 Å². The number of benzene rings is 2. The molecule has 0 N–H and O–H groups in total. The standard InChI is InChI=1S/C15H11F5/c1-7-3-13(18)10(15(20)14(7)19)4-9-5-11(16)8(2)12(17)6-9/h3,5-6H,4H2,1-2H3. The van der Waals surface area contributed by atoms with E-state index >= 15 is 0 Å². The van der Waals surface area contributed by atoms with Crippen LogP contribution < -0.4 is 0 Å². The van der Waals surface area contributed by atoms with Gasteiger partial charge in [-0.25, -0.2) is 22.0 Å². The van der Waals surface area contributed by atoms with Gasteiger partial charge in [0.05, 0.1) is 0 Å².